The molecule has 0 radical (unpaired) electrons. The third-order valence-corrected chi connectivity index (χ3v) is 2.94. The molecule has 1 amide bonds. The summed E-state index contributed by atoms with van der Waals surface area (Å²) in [5.74, 6) is 0.313. The molecule has 0 saturated carbocycles. The van der Waals surface area contributed by atoms with Crippen LogP contribution in [0, 0.1) is 0 Å². The first-order valence-corrected chi connectivity index (χ1v) is 7.22. The molecule has 0 aromatic heterocycles. The van der Waals surface area contributed by atoms with E-state index < -0.39 is 0 Å². The summed E-state index contributed by atoms with van der Waals surface area (Å²) in [6.07, 6.45) is 6.81. The zero-order valence-corrected chi connectivity index (χ0v) is 11.7. The highest BCUT2D eigenvalue weighted by Gasteiger charge is 2.09. The predicted molar refractivity (Wildman–Crippen MR) is 69.4 cm³/mol. The highest BCUT2D eigenvalue weighted by molar-refractivity contribution is 9.09. The second-order valence-electron chi connectivity index (χ2n) is 3.83. The number of rotatable bonds is 9. The van der Waals surface area contributed by atoms with Crippen LogP contribution in [0.15, 0.2) is 0 Å². The van der Waals surface area contributed by atoms with E-state index in [9.17, 15) is 4.79 Å². The van der Waals surface area contributed by atoms with Gasteiger partial charge in [0.2, 0.25) is 5.91 Å². The van der Waals surface area contributed by atoms with Crippen molar-refractivity contribution >= 4 is 21.8 Å². The molecule has 0 aromatic carbocycles. The summed E-state index contributed by atoms with van der Waals surface area (Å²) in [5, 5.41) is 0.877. The molecule has 0 aromatic rings. The fourth-order valence-corrected chi connectivity index (χ4v) is 2.03. The molecule has 3 heteroatoms. The Morgan fingerprint density at radius 2 is 1.80 bits per heavy atom. The molecule has 2 nitrogen and oxygen atoms in total. The largest absolute Gasteiger partial charge is 0.342 e. The second kappa shape index (κ2) is 10.5. The van der Waals surface area contributed by atoms with Crippen molar-refractivity contribution in [3.63, 3.8) is 0 Å². The highest BCUT2D eigenvalue weighted by atomic mass is 79.9. The molecule has 0 bridgehead atoms. The van der Waals surface area contributed by atoms with Gasteiger partial charge in [-0.3, -0.25) is 4.79 Å². The van der Waals surface area contributed by atoms with Gasteiger partial charge >= 0.3 is 0 Å². The molecular weight excluding hydrogens is 254 g/mol. The van der Waals surface area contributed by atoms with Gasteiger partial charge in [-0.25, -0.2) is 0 Å². The Morgan fingerprint density at radius 3 is 2.33 bits per heavy atom. The Balaban J connectivity index is 3.53. The monoisotopic (exact) mass is 277 g/mol. The molecule has 0 unspecified atom stereocenters. The van der Waals surface area contributed by atoms with E-state index in [0.717, 1.165) is 31.3 Å². The number of carbonyl (C=O) groups excluding carboxylic acids is 1. The van der Waals surface area contributed by atoms with E-state index in [4.69, 9.17) is 0 Å². The van der Waals surface area contributed by atoms with Crippen molar-refractivity contribution in [1.29, 1.82) is 0 Å². The van der Waals surface area contributed by atoms with E-state index in [0.29, 0.717) is 5.91 Å². The molecule has 0 atom stereocenters. The topological polar surface area (TPSA) is 20.3 Å². The highest BCUT2D eigenvalue weighted by Crippen LogP contribution is 2.07. The lowest BCUT2D eigenvalue weighted by Gasteiger charge is -2.19. The molecule has 0 fully saturated rings. The Kier molecular flexibility index (Phi) is 10.4. The summed E-state index contributed by atoms with van der Waals surface area (Å²) in [4.78, 5) is 13.6. The molecule has 0 rings (SSSR count). The standard InChI is InChI=1S/C12H24BrNO/c1-3-5-6-7-8-9-12(15)14(4-2)11-10-13/h3-11H2,1-2H3. The van der Waals surface area contributed by atoms with Gasteiger partial charge in [0.15, 0.2) is 0 Å². The van der Waals surface area contributed by atoms with Crippen LogP contribution in [0.1, 0.15) is 52.4 Å². The molecule has 0 aliphatic heterocycles. The third-order valence-electron chi connectivity index (χ3n) is 2.58. The van der Waals surface area contributed by atoms with Crippen LogP contribution in [-0.2, 0) is 4.79 Å². The van der Waals surface area contributed by atoms with Crippen LogP contribution in [0.4, 0.5) is 0 Å². The lowest BCUT2D eigenvalue weighted by Crippen LogP contribution is -2.32. The number of nitrogens with zero attached hydrogens (tertiary/aromatic N) is 1. The number of halogens is 1. The van der Waals surface area contributed by atoms with E-state index in [1.54, 1.807) is 0 Å². The lowest BCUT2D eigenvalue weighted by atomic mass is 10.1. The van der Waals surface area contributed by atoms with Crippen molar-refractivity contribution in [2.75, 3.05) is 18.4 Å². The van der Waals surface area contributed by atoms with Gasteiger partial charge in [0.1, 0.15) is 0 Å². The van der Waals surface area contributed by atoms with Gasteiger partial charge in [0, 0.05) is 24.8 Å². The Bertz CT molecular complexity index is 162. The first-order chi connectivity index (χ1) is 7.26. The number of hydrogen-bond donors (Lipinski definition) is 0. The number of hydrogen-bond acceptors (Lipinski definition) is 1. The van der Waals surface area contributed by atoms with E-state index in [-0.39, 0.29) is 0 Å². The van der Waals surface area contributed by atoms with Crippen LogP contribution in [0.2, 0.25) is 0 Å². The quantitative estimate of drug-likeness (QED) is 0.466. The minimum Gasteiger partial charge on any atom is -0.342 e. The van der Waals surface area contributed by atoms with Crippen molar-refractivity contribution in [2.24, 2.45) is 0 Å². The van der Waals surface area contributed by atoms with E-state index >= 15 is 0 Å². The van der Waals surface area contributed by atoms with Crippen molar-refractivity contribution < 1.29 is 4.79 Å². The second-order valence-corrected chi connectivity index (χ2v) is 4.62. The zero-order valence-electron chi connectivity index (χ0n) is 10.1. The van der Waals surface area contributed by atoms with Gasteiger partial charge in [-0.2, -0.15) is 0 Å². The number of unbranched alkanes of at least 4 members (excludes halogenated alkanes) is 4. The summed E-state index contributed by atoms with van der Waals surface area (Å²) >= 11 is 3.37. The van der Waals surface area contributed by atoms with Crippen molar-refractivity contribution in [3.8, 4) is 0 Å². The molecule has 0 aliphatic carbocycles. The first-order valence-electron chi connectivity index (χ1n) is 6.10. The summed E-state index contributed by atoms with van der Waals surface area (Å²) in [6, 6.07) is 0. The molecule has 0 aliphatic rings. The number of carbonyl (C=O) groups is 1. The number of amides is 1. The SMILES string of the molecule is CCCCCCCC(=O)N(CC)CCBr. The maximum absolute atomic E-state index is 11.7. The van der Waals surface area contributed by atoms with Crippen LogP contribution in [0.3, 0.4) is 0 Å². The molecule has 90 valence electrons. The smallest absolute Gasteiger partial charge is 0.222 e. The third kappa shape index (κ3) is 7.83. The molecule has 0 spiro atoms. The summed E-state index contributed by atoms with van der Waals surface area (Å²) in [5.41, 5.74) is 0. The van der Waals surface area contributed by atoms with Crippen molar-refractivity contribution in [1.82, 2.24) is 4.90 Å². The summed E-state index contributed by atoms with van der Waals surface area (Å²) < 4.78 is 0. The van der Waals surface area contributed by atoms with E-state index in [1.165, 1.54) is 25.7 Å². The van der Waals surface area contributed by atoms with Gasteiger partial charge < -0.3 is 4.90 Å². The summed E-state index contributed by atoms with van der Waals surface area (Å²) in [7, 11) is 0. The minimum atomic E-state index is 0.313. The van der Waals surface area contributed by atoms with Gasteiger partial charge in [0.25, 0.3) is 0 Å². The van der Waals surface area contributed by atoms with Crippen LogP contribution in [0.25, 0.3) is 0 Å². The maximum Gasteiger partial charge on any atom is 0.222 e. The average molecular weight is 278 g/mol. The number of alkyl halides is 1. The Hall–Kier alpha value is -0.0500. The van der Waals surface area contributed by atoms with Crippen LogP contribution >= 0.6 is 15.9 Å². The molecule has 0 N–H and O–H groups in total. The van der Waals surface area contributed by atoms with Crippen molar-refractivity contribution in [2.45, 2.75) is 52.4 Å². The molecule has 0 saturated heterocycles. The van der Waals surface area contributed by atoms with Crippen LogP contribution < -0.4 is 0 Å². The maximum atomic E-state index is 11.7. The molecule has 15 heavy (non-hydrogen) atoms. The Labute approximate surface area is 103 Å². The zero-order chi connectivity index (χ0) is 11.5. The predicted octanol–water partition coefficient (Wildman–Crippen LogP) is 3.59. The van der Waals surface area contributed by atoms with Crippen molar-refractivity contribution in [3.05, 3.63) is 0 Å². The van der Waals surface area contributed by atoms with Crippen LogP contribution in [0.5, 0.6) is 0 Å². The van der Waals surface area contributed by atoms with E-state index in [2.05, 4.69) is 22.9 Å². The molecular formula is C12H24BrNO. The van der Waals surface area contributed by atoms with Gasteiger partial charge in [0.05, 0.1) is 0 Å². The van der Waals surface area contributed by atoms with Gasteiger partial charge in [-0.15, -0.1) is 0 Å². The molecule has 0 heterocycles. The fraction of sp³-hybridized carbons (Fsp3) is 0.917. The first kappa shape index (κ1) is 14.9. The Morgan fingerprint density at radius 1 is 1.13 bits per heavy atom. The minimum absolute atomic E-state index is 0.313. The van der Waals surface area contributed by atoms with Gasteiger partial charge in [-0.05, 0) is 13.3 Å². The lowest BCUT2D eigenvalue weighted by molar-refractivity contribution is -0.130. The van der Waals surface area contributed by atoms with Crippen LogP contribution in [-0.4, -0.2) is 29.2 Å². The summed E-state index contributed by atoms with van der Waals surface area (Å²) in [6.45, 7) is 5.92. The fourth-order valence-electron chi connectivity index (χ4n) is 1.60. The normalized spacial score (nSPS) is 10.3. The average Bonchev–Trinajstić information content (AvgIpc) is 2.25. The van der Waals surface area contributed by atoms with Gasteiger partial charge in [-0.1, -0.05) is 48.5 Å². The van der Waals surface area contributed by atoms with E-state index in [1.807, 2.05) is 11.8 Å².